The highest BCUT2D eigenvalue weighted by Crippen LogP contribution is 2.29. The molecule has 0 aliphatic carbocycles. The van der Waals surface area contributed by atoms with Crippen molar-refractivity contribution < 1.29 is 13.9 Å². The van der Waals surface area contributed by atoms with Crippen LogP contribution in [0, 0.1) is 5.82 Å². The van der Waals surface area contributed by atoms with E-state index in [0.29, 0.717) is 42.6 Å². The molecule has 1 fully saturated rings. The fourth-order valence-electron chi connectivity index (χ4n) is 3.57. The zero-order chi connectivity index (χ0) is 20.1. The van der Waals surface area contributed by atoms with Crippen LogP contribution in [0.2, 0.25) is 0 Å². The largest absolute Gasteiger partial charge is 0.444 e. The molecule has 0 spiro atoms. The van der Waals surface area contributed by atoms with Crippen LogP contribution in [0.15, 0.2) is 23.1 Å². The number of nitrogens with zero attached hydrogens (tertiary/aromatic N) is 4. The molecule has 0 aromatic carbocycles. The van der Waals surface area contributed by atoms with Gasteiger partial charge in [-0.3, -0.25) is 4.79 Å². The minimum atomic E-state index is -0.537. The summed E-state index contributed by atoms with van der Waals surface area (Å²) in [6.45, 7) is 6.57. The summed E-state index contributed by atoms with van der Waals surface area (Å²) in [6.07, 6.45) is 2.13. The number of likely N-dealkylation sites (tertiary alicyclic amines) is 1. The Morgan fingerprint density at radius 2 is 2.00 bits per heavy atom. The van der Waals surface area contributed by atoms with Crippen LogP contribution in [0.3, 0.4) is 0 Å². The van der Waals surface area contributed by atoms with Crippen molar-refractivity contribution in [2.24, 2.45) is 0 Å². The smallest absolute Gasteiger partial charge is 0.410 e. The van der Waals surface area contributed by atoms with Crippen LogP contribution in [0.5, 0.6) is 0 Å². The Labute approximate surface area is 160 Å². The average Bonchev–Trinajstić information content (AvgIpc) is 2.97. The first kappa shape index (κ1) is 18.4. The summed E-state index contributed by atoms with van der Waals surface area (Å²) in [7, 11) is 0. The van der Waals surface area contributed by atoms with E-state index in [1.54, 1.807) is 9.42 Å². The number of piperidine rings is 1. The summed E-state index contributed by atoms with van der Waals surface area (Å²) in [5.74, 6) is -0.437. The fraction of sp³-hybridized carbons (Fsp3) is 0.474. The van der Waals surface area contributed by atoms with Crippen molar-refractivity contribution in [1.82, 2.24) is 24.5 Å². The maximum atomic E-state index is 13.5. The van der Waals surface area contributed by atoms with Gasteiger partial charge in [0.1, 0.15) is 22.5 Å². The minimum Gasteiger partial charge on any atom is -0.444 e. The molecule has 0 bridgehead atoms. The van der Waals surface area contributed by atoms with Crippen LogP contribution in [-0.2, 0) is 4.74 Å². The molecule has 0 atom stereocenters. The molecule has 0 radical (unpaired) electrons. The van der Waals surface area contributed by atoms with Gasteiger partial charge in [-0.2, -0.15) is 5.10 Å². The van der Waals surface area contributed by atoms with Gasteiger partial charge in [0.05, 0.1) is 11.9 Å². The molecular formula is C19H22FN5O3. The number of aromatic amines is 1. The fourth-order valence-corrected chi connectivity index (χ4v) is 3.57. The van der Waals surface area contributed by atoms with Crippen molar-refractivity contribution in [1.29, 1.82) is 0 Å². The molecule has 148 valence electrons. The standard InChI is InChI=1S/C19H22FN5O3/c1-19(2,3)28-18(27)24-6-4-11(5-7-24)14-9-15(26)22-17-16-13(23-25(14)17)8-12(20)10-21-16/h8-11H,4-7H2,1-3H3,(H,22,26). The number of ether oxygens (including phenoxy) is 1. The molecule has 9 heteroatoms. The van der Waals surface area contributed by atoms with Gasteiger partial charge in [-0.25, -0.2) is 18.7 Å². The molecule has 4 heterocycles. The summed E-state index contributed by atoms with van der Waals surface area (Å²) < 4.78 is 20.6. The Bertz CT molecular complexity index is 1110. The van der Waals surface area contributed by atoms with Crippen LogP contribution < -0.4 is 5.56 Å². The van der Waals surface area contributed by atoms with E-state index < -0.39 is 11.4 Å². The highest BCUT2D eigenvalue weighted by molar-refractivity contribution is 5.88. The molecule has 1 amide bonds. The first-order chi connectivity index (χ1) is 13.2. The summed E-state index contributed by atoms with van der Waals surface area (Å²) in [5.41, 5.74) is 1.23. The third-order valence-electron chi connectivity index (χ3n) is 4.81. The molecule has 3 aromatic rings. The van der Waals surface area contributed by atoms with Crippen molar-refractivity contribution in [3.63, 3.8) is 0 Å². The molecule has 0 unspecified atom stereocenters. The van der Waals surface area contributed by atoms with Gasteiger partial charge in [0.15, 0.2) is 5.65 Å². The molecule has 8 nitrogen and oxygen atoms in total. The first-order valence-electron chi connectivity index (χ1n) is 9.26. The van der Waals surface area contributed by atoms with Gasteiger partial charge < -0.3 is 14.6 Å². The maximum absolute atomic E-state index is 13.5. The SMILES string of the molecule is CC(C)(C)OC(=O)N1CCC(c2cc(=O)[nH]c3c4ncc(F)cc4nn23)CC1. The van der Waals surface area contributed by atoms with Crippen molar-refractivity contribution in [2.75, 3.05) is 13.1 Å². The van der Waals surface area contributed by atoms with E-state index in [-0.39, 0.29) is 17.6 Å². The number of carbonyl (C=O) groups excluding carboxylic acids is 1. The topological polar surface area (TPSA) is 92.6 Å². The number of fused-ring (bicyclic) bond motifs is 3. The number of nitrogens with one attached hydrogen (secondary N) is 1. The third kappa shape index (κ3) is 3.44. The normalized spacial score (nSPS) is 16.1. The number of rotatable bonds is 1. The Balaban J connectivity index is 1.63. The number of hydrogen-bond acceptors (Lipinski definition) is 5. The molecular weight excluding hydrogens is 365 g/mol. The third-order valence-corrected chi connectivity index (χ3v) is 4.81. The molecule has 28 heavy (non-hydrogen) atoms. The quantitative estimate of drug-likeness (QED) is 0.693. The van der Waals surface area contributed by atoms with Crippen LogP contribution in [0.4, 0.5) is 9.18 Å². The van der Waals surface area contributed by atoms with Gasteiger partial charge in [0.2, 0.25) is 0 Å². The van der Waals surface area contributed by atoms with E-state index >= 15 is 0 Å². The number of aromatic nitrogens is 4. The number of carbonyl (C=O) groups is 1. The van der Waals surface area contributed by atoms with E-state index in [1.165, 1.54) is 12.1 Å². The monoisotopic (exact) mass is 387 g/mol. The molecule has 4 rings (SSSR count). The minimum absolute atomic E-state index is 0.0441. The zero-order valence-electron chi connectivity index (χ0n) is 16.0. The lowest BCUT2D eigenvalue weighted by atomic mass is 9.93. The van der Waals surface area contributed by atoms with E-state index in [4.69, 9.17) is 4.74 Å². The Hall–Kier alpha value is -2.97. The van der Waals surface area contributed by atoms with E-state index in [1.807, 2.05) is 20.8 Å². The van der Waals surface area contributed by atoms with Crippen molar-refractivity contribution in [3.8, 4) is 0 Å². The Morgan fingerprint density at radius 1 is 1.29 bits per heavy atom. The number of amides is 1. The first-order valence-corrected chi connectivity index (χ1v) is 9.26. The zero-order valence-corrected chi connectivity index (χ0v) is 16.0. The predicted molar refractivity (Wildman–Crippen MR) is 101 cm³/mol. The number of halogens is 1. The average molecular weight is 387 g/mol. The summed E-state index contributed by atoms with van der Waals surface area (Å²) in [4.78, 5) is 33.0. The number of hydrogen-bond donors (Lipinski definition) is 1. The van der Waals surface area contributed by atoms with Crippen molar-refractivity contribution in [2.45, 2.75) is 45.1 Å². The highest BCUT2D eigenvalue weighted by Gasteiger charge is 2.29. The second kappa shape index (κ2) is 6.57. The number of pyridine rings is 1. The number of H-pyrrole nitrogens is 1. The lowest BCUT2D eigenvalue weighted by molar-refractivity contribution is 0.0203. The summed E-state index contributed by atoms with van der Waals surface area (Å²) in [5, 5.41) is 4.43. The Morgan fingerprint density at radius 3 is 2.68 bits per heavy atom. The lowest BCUT2D eigenvalue weighted by Gasteiger charge is -2.33. The second-order valence-corrected chi connectivity index (χ2v) is 8.08. The summed E-state index contributed by atoms with van der Waals surface area (Å²) in [6, 6.07) is 2.81. The van der Waals surface area contributed by atoms with Gasteiger partial charge in [-0.15, -0.1) is 0 Å². The van der Waals surface area contributed by atoms with Gasteiger partial charge in [0.25, 0.3) is 5.56 Å². The van der Waals surface area contributed by atoms with Crippen molar-refractivity contribution >= 4 is 22.8 Å². The molecule has 1 aliphatic heterocycles. The van der Waals surface area contributed by atoms with E-state index in [9.17, 15) is 14.0 Å². The van der Waals surface area contributed by atoms with E-state index in [2.05, 4.69) is 15.1 Å². The van der Waals surface area contributed by atoms with Crippen LogP contribution in [0.25, 0.3) is 16.7 Å². The molecule has 1 saturated heterocycles. The van der Waals surface area contributed by atoms with Gasteiger partial charge in [0, 0.05) is 31.1 Å². The van der Waals surface area contributed by atoms with Gasteiger partial charge in [-0.05, 0) is 33.6 Å². The lowest BCUT2D eigenvalue weighted by Crippen LogP contribution is -2.41. The summed E-state index contributed by atoms with van der Waals surface area (Å²) >= 11 is 0. The Kier molecular flexibility index (Phi) is 4.32. The van der Waals surface area contributed by atoms with Crippen LogP contribution in [-0.4, -0.2) is 49.3 Å². The van der Waals surface area contributed by atoms with Gasteiger partial charge in [-0.1, -0.05) is 0 Å². The molecule has 3 aromatic heterocycles. The van der Waals surface area contributed by atoms with Crippen molar-refractivity contribution in [3.05, 3.63) is 40.2 Å². The highest BCUT2D eigenvalue weighted by atomic mass is 19.1. The van der Waals surface area contributed by atoms with Gasteiger partial charge >= 0.3 is 6.09 Å². The van der Waals surface area contributed by atoms with Crippen LogP contribution in [0.1, 0.15) is 45.2 Å². The molecule has 0 saturated carbocycles. The molecule has 1 aliphatic rings. The second-order valence-electron chi connectivity index (χ2n) is 8.08. The predicted octanol–water partition coefficient (Wildman–Crippen LogP) is 2.82. The molecule has 1 N–H and O–H groups in total. The van der Waals surface area contributed by atoms with E-state index in [0.717, 1.165) is 11.9 Å². The maximum Gasteiger partial charge on any atom is 0.410 e. The van der Waals surface area contributed by atoms with Crippen LogP contribution >= 0.6 is 0 Å².